The number of rotatable bonds is 5. The third kappa shape index (κ3) is 5.22. The predicted molar refractivity (Wildman–Crippen MR) is 88.5 cm³/mol. The van der Waals surface area contributed by atoms with E-state index in [1.807, 2.05) is 6.07 Å². The minimum atomic E-state index is -0.337. The number of amides is 1. The van der Waals surface area contributed by atoms with Crippen LogP contribution in [0, 0.1) is 11.7 Å². The van der Waals surface area contributed by atoms with Crippen molar-refractivity contribution in [3.63, 3.8) is 0 Å². The van der Waals surface area contributed by atoms with Crippen LogP contribution in [0.15, 0.2) is 42.9 Å². The first-order valence-electron chi connectivity index (χ1n) is 8.19. The van der Waals surface area contributed by atoms with Gasteiger partial charge in [-0.3, -0.25) is 4.79 Å². The van der Waals surface area contributed by atoms with Crippen LogP contribution in [0.3, 0.4) is 0 Å². The van der Waals surface area contributed by atoms with Crippen molar-refractivity contribution < 1.29 is 18.7 Å². The first-order valence-corrected chi connectivity index (χ1v) is 8.19. The Morgan fingerprint density at radius 2 is 2.16 bits per heavy atom. The van der Waals surface area contributed by atoms with Crippen LogP contribution in [0.25, 0.3) is 0 Å². The molecule has 2 heterocycles. The Morgan fingerprint density at radius 3 is 2.92 bits per heavy atom. The molecule has 132 valence electrons. The van der Waals surface area contributed by atoms with Gasteiger partial charge in [-0.15, -0.1) is 0 Å². The molecular formula is C18H20FN3O3. The van der Waals surface area contributed by atoms with Gasteiger partial charge in [0.15, 0.2) is 6.61 Å². The fourth-order valence-corrected chi connectivity index (χ4v) is 2.73. The first-order chi connectivity index (χ1) is 12.2. The molecule has 2 aromatic rings. The second-order valence-electron chi connectivity index (χ2n) is 5.93. The molecule has 6 nitrogen and oxygen atoms in total. The second kappa shape index (κ2) is 8.53. The van der Waals surface area contributed by atoms with E-state index in [1.54, 1.807) is 11.1 Å². The van der Waals surface area contributed by atoms with Gasteiger partial charge in [-0.05, 0) is 36.8 Å². The molecule has 0 aliphatic carbocycles. The van der Waals surface area contributed by atoms with Crippen LogP contribution in [-0.2, 0) is 16.0 Å². The van der Waals surface area contributed by atoms with E-state index >= 15 is 0 Å². The SMILES string of the molecule is O=C(COc1ccc(F)cc1)N1CCOC[C@@H](Cc2ccncn2)C1. The van der Waals surface area contributed by atoms with E-state index in [0.717, 1.165) is 12.1 Å². The highest BCUT2D eigenvalue weighted by molar-refractivity contribution is 5.77. The average molecular weight is 345 g/mol. The zero-order valence-corrected chi connectivity index (χ0v) is 13.8. The lowest BCUT2D eigenvalue weighted by atomic mass is 10.0. The maximum absolute atomic E-state index is 12.9. The van der Waals surface area contributed by atoms with E-state index < -0.39 is 0 Å². The summed E-state index contributed by atoms with van der Waals surface area (Å²) in [7, 11) is 0. The molecular weight excluding hydrogens is 325 g/mol. The minimum absolute atomic E-state index is 0.0775. The van der Waals surface area contributed by atoms with E-state index in [-0.39, 0.29) is 24.2 Å². The molecule has 1 fully saturated rings. The van der Waals surface area contributed by atoms with E-state index in [9.17, 15) is 9.18 Å². The highest BCUT2D eigenvalue weighted by Crippen LogP contribution is 2.14. The van der Waals surface area contributed by atoms with Gasteiger partial charge in [-0.1, -0.05) is 0 Å². The van der Waals surface area contributed by atoms with Gasteiger partial charge >= 0.3 is 0 Å². The van der Waals surface area contributed by atoms with Crippen molar-refractivity contribution in [2.24, 2.45) is 5.92 Å². The molecule has 1 saturated heterocycles. The fraction of sp³-hybridized carbons (Fsp3) is 0.389. The molecule has 0 saturated carbocycles. The van der Waals surface area contributed by atoms with Crippen molar-refractivity contribution in [1.29, 1.82) is 0 Å². The van der Waals surface area contributed by atoms with Crippen molar-refractivity contribution in [3.05, 3.63) is 54.4 Å². The Hall–Kier alpha value is -2.54. The number of ether oxygens (including phenoxy) is 2. The van der Waals surface area contributed by atoms with Crippen molar-refractivity contribution in [2.45, 2.75) is 6.42 Å². The Morgan fingerprint density at radius 1 is 1.32 bits per heavy atom. The number of hydrogen-bond donors (Lipinski definition) is 0. The molecule has 3 rings (SSSR count). The number of nitrogens with zero attached hydrogens (tertiary/aromatic N) is 3. The summed E-state index contributed by atoms with van der Waals surface area (Å²) in [5.41, 5.74) is 0.931. The first kappa shape index (κ1) is 17.3. The van der Waals surface area contributed by atoms with Crippen molar-refractivity contribution in [1.82, 2.24) is 14.9 Å². The molecule has 1 aliphatic rings. The smallest absolute Gasteiger partial charge is 0.260 e. The number of carbonyl (C=O) groups excluding carboxylic acids is 1. The van der Waals surface area contributed by atoms with Gasteiger partial charge in [0.1, 0.15) is 17.9 Å². The number of aromatic nitrogens is 2. The van der Waals surface area contributed by atoms with E-state index in [2.05, 4.69) is 9.97 Å². The Bertz CT molecular complexity index is 682. The molecule has 0 spiro atoms. The highest BCUT2D eigenvalue weighted by atomic mass is 19.1. The summed E-state index contributed by atoms with van der Waals surface area (Å²) in [5.74, 6) is 0.198. The molecule has 0 bridgehead atoms. The maximum Gasteiger partial charge on any atom is 0.260 e. The second-order valence-corrected chi connectivity index (χ2v) is 5.93. The molecule has 0 unspecified atom stereocenters. The number of halogens is 1. The molecule has 1 amide bonds. The molecule has 25 heavy (non-hydrogen) atoms. The van der Waals surface area contributed by atoms with Crippen molar-refractivity contribution in [2.75, 3.05) is 32.9 Å². The Balaban J connectivity index is 1.54. The van der Waals surface area contributed by atoms with Gasteiger partial charge in [-0.25, -0.2) is 14.4 Å². The van der Waals surface area contributed by atoms with Gasteiger partial charge < -0.3 is 14.4 Å². The quantitative estimate of drug-likeness (QED) is 0.825. The van der Waals surface area contributed by atoms with Gasteiger partial charge in [0.05, 0.1) is 13.2 Å². The number of carbonyl (C=O) groups is 1. The summed E-state index contributed by atoms with van der Waals surface area (Å²) in [5, 5.41) is 0. The zero-order valence-electron chi connectivity index (χ0n) is 13.8. The van der Waals surface area contributed by atoms with Crippen LogP contribution in [0.2, 0.25) is 0 Å². The molecule has 0 radical (unpaired) electrons. The summed E-state index contributed by atoms with van der Waals surface area (Å²) in [6.45, 7) is 2.14. The third-order valence-corrected chi connectivity index (χ3v) is 4.01. The van der Waals surface area contributed by atoms with E-state index in [1.165, 1.54) is 30.6 Å². The van der Waals surface area contributed by atoms with Crippen LogP contribution in [0.5, 0.6) is 5.75 Å². The minimum Gasteiger partial charge on any atom is -0.484 e. The van der Waals surface area contributed by atoms with Gasteiger partial charge in [-0.2, -0.15) is 0 Å². The lowest BCUT2D eigenvalue weighted by molar-refractivity contribution is -0.133. The Kier molecular flexibility index (Phi) is 5.90. The van der Waals surface area contributed by atoms with Crippen LogP contribution >= 0.6 is 0 Å². The summed E-state index contributed by atoms with van der Waals surface area (Å²) >= 11 is 0. The fourth-order valence-electron chi connectivity index (χ4n) is 2.73. The topological polar surface area (TPSA) is 64.5 Å². The normalized spacial score (nSPS) is 17.8. The highest BCUT2D eigenvalue weighted by Gasteiger charge is 2.23. The van der Waals surface area contributed by atoms with Crippen molar-refractivity contribution >= 4 is 5.91 Å². The van der Waals surface area contributed by atoms with Crippen LogP contribution in [0.1, 0.15) is 5.69 Å². The lowest BCUT2D eigenvalue weighted by Crippen LogP contribution is -2.39. The van der Waals surface area contributed by atoms with Crippen LogP contribution in [0.4, 0.5) is 4.39 Å². The van der Waals surface area contributed by atoms with Gasteiger partial charge in [0.2, 0.25) is 0 Å². The standard InChI is InChI=1S/C18H20FN3O3/c19-15-1-3-17(4-2-15)25-12-18(23)22-7-8-24-11-14(10-22)9-16-5-6-20-13-21-16/h1-6,13-14H,7-12H2/t14-/m0/s1. The van der Waals surface area contributed by atoms with E-state index in [4.69, 9.17) is 9.47 Å². The summed E-state index contributed by atoms with van der Waals surface area (Å²) in [6, 6.07) is 7.49. The van der Waals surface area contributed by atoms with Crippen LogP contribution < -0.4 is 4.74 Å². The third-order valence-electron chi connectivity index (χ3n) is 4.01. The zero-order chi connectivity index (χ0) is 17.5. The summed E-state index contributed by atoms with van der Waals surface area (Å²) in [4.78, 5) is 22.3. The monoisotopic (exact) mass is 345 g/mol. The molecule has 1 aromatic heterocycles. The predicted octanol–water partition coefficient (Wildman–Crippen LogP) is 1.71. The molecule has 1 aromatic carbocycles. The van der Waals surface area contributed by atoms with Gasteiger partial charge in [0, 0.05) is 30.9 Å². The Labute approximate surface area is 145 Å². The number of hydrogen-bond acceptors (Lipinski definition) is 5. The maximum atomic E-state index is 12.9. The van der Waals surface area contributed by atoms with Crippen molar-refractivity contribution in [3.8, 4) is 5.75 Å². The molecule has 1 aliphatic heterocycles. The van der Waals surface area contributed by atoms with Gasteiger partial charge in [0.25, 0.3) is 5.91 Å². The molecule has 1 atom stereocenters. The average Bonchev–Trinajstić information content (AvgIpc) is 2.87. The van der Waals surface area contributed by atoms with Crippen LogP contribution in [-0.4, -0.2) is 53.7 Å². The molecule has 0 N–H and O–H groups in total. The number of benzene rings is 1. The lowest BCUT2D eigenvalue weighted by Gasteiger charge is -2.23. The summed E-state index contributed by atoms with van der Waals surface area (Å²) in [6.07, 6.45) is 3.96. The largest absolute Gasteiger partial charge is 0.484 e. The summed E-state index contributed by atoms with van der Waals surface area (Å²) < 4.78 is 24.0. The van der Waals surface area contributed by atoms with E-state index in [0.29, 0.717) is 32.1 Å². The molecule has 7 heteroatoms.